The number of guanidine groups is 1. The van der Waals surface area contributed by atoms with Crippen LogP contribution in [0.1, 0.15) is 29.7 Å². The van der Waals surface area contributed by atoms with E-state index in [0.717, 1.165) is 36.3 Å². The maximum absolute atomic E-state index is 13.4. The second kappa shape index (κ2) is 13.6. The third kappa shape index (κ3) is 7.71. The zero-order valence-electron chi connectivity index (χ0n) is 17.9. The molecule has 1 heterocycles. The number of aliphatic hydroxyl groups is 1. The van der Waals surface area contributed by atoms with Gasteiger partial charge >= 0.3 is 0 Å². The Labute approximate surface area is 200 Å². The van der Waals surface area contributed by atoms with Crippen LogP contribution < -0.4 is 10.6 Å². The highest BCUT2D eigenvalue weighted by molar-refractivity contribution is 14.0. The van der Waals surface area contributed by atoms with Crippen molar-refractivity contribution in [3.05, 3.63) is 71.0 Å². The molecule has 170 valence electrons. The first-order valence-corrected chi connectivity index (χ1v) is 10.5. The van der Waals surface area contributed by atoms with Crippen LogP contribution in [0.5, 0.6) is 0 Å². The van der Waals surface area contributed by atoms with Crippen molar-refractivity contribution in [2.75, 3.05) is 39.4 Å². The van der Waals surface area contributed by atoms with Gasteiger partial charge < -0.3 is 20.5 Å². The molecule has 3 rings (SSSR count). The molecule has 1 saturated heterocycles. The number of aliphatic hydroxyl groups excluding tert-OH is 1. The van der Waals surface area contributed by atoms with Crippen LogP contribution in [0.2, 0.25) is 0 Å². The molecule has 0 radical (unpaired) electrons. The van der Waals surface area contributed by atoms with Crippen molar-refractivity contribution in [3.8, 4) is 0 Å². The minimum atomic E-state index is -0.232. The summed E-state index contributed by atoms with van der Waals surface area (Å²) in [6.07, 6.45) is 0. The SMILES string of the molecule is CCNC(=NCc1ccccc1CO)NCC(c1ccc(F)cc1)N1CCOCC1.I. The second-order valence-corrected chi connectivity index (χ2v) is 7.22. The lowest BCUT2D eigenvalue weighted by Crippen LogP contribution is -2.46. The molecule has 0 aromatic heterocycles. The van der Waals surface area contributed by atoms with Gasteiger partial charge in [-0.1, -0.05) is 36.4 Å². The topological polar surface area (TPSA) is 69.1 Å². The van der Waals surface area contributed by atoms with E-state index in [9.17, 15) is 9.50 Å². The molecule has 0 spiro atoms. The van der Waals surface area contributed by atoms with Crippen LogP contribution in [0.3, 0.4) is 0 Å². The van der Waals surface area contributed by atoms with Gasteiger partial charge in [-0.15, -0.1) is 24.0 Å². The highest BCUT2D eigenvalue weighted by Gasteiger charge is 2.23. The van der Waals surface area contributed by atoms with E-state index in [4.69, 9.17) is 9.73 Å². The van der Waals surface area contributed by atoms with E-state index in [2.05, 4.69) is 15.5 Å². The Morgan fingerprint density at radius 1 is 1.10 bits per heavy atom. The standard InChI is InChI=1S/C23H31FN4O2.HI/c1-2-25-23(26-15-19-5-3-4-6-20(19)17-29)27-16-22(28-11-13-30-14-12-28)18-7-9-21(24)10-8-18;/h3-10,22,29H,2,11-17H2,1H3,(H2,25,26,27);1H. The van der Waals surface area contributed by atoms with E-state index in [0.29, 0.717) is 32.3 Å². The van der Waals surface area contributed by atoms with Gasteiger partial charge in [0.2, 0.25) is 0 Å². The highest BCUT2D eigenvalue weighted by Crippen LogP contribution is 2.21. The Hall–Kier alpha value is -1.75. The van der Waals surface area contributed by atoms with Crippen LogP contribution in [0, 0.1) is 5.82 Å². The van der Waals surface area contributed by atoms with Gasteiger partial charge in [0.15, 0.2) is 5.96 Å². The summed E-state index contributed by atoms with van der Waals surface area (Å²) in [6, 6.07) is 14.6. The molecule has 1 aliphatic heterocycles. The van der Waals surface area contributed by atoms with Crippen LogP contribution in [0.4, 0.5) is 4.39 Å². The third-order valence-corrected chi connectivity index (χ3v) is 5.24. The first kappa shape index (κ1) is 25.5. The highest BCUT2D eigenvalue weighted by atomic mass is 127. The van der Waals surface area contributed by atoms with Gasteiger partial charge in [-0.05, 0) is 35.7 Å². The summed E-state index contributed by atoms with van der Waals surface area (Å²) < 4.78 is 18.9. The Kier molecular flexibility index (Phi) is 11.2. The van der Waals surface area contributed by atoms with Crippen LogP contribution in [-0.2, 0) is 17.9 Å². The van der Waals surface area contributed by atoms with Crippen LogP contribution in [-0.4, -0.2) is 55.4 Å². The summed E-state index contributed by atoms with van der Waals surface area (Å²) in [7, 11) is 0. The average molecular weight is 542 g/mol. The van der Waals surface area contributed by atoms with Crippen LogP contribution in [0.25, 0.3) is 0 Å². The van der Waals surface area contributed by atoms with Gasteiger partial charge in [-0.25, -0.2) is 9.38 Å². The maximum atomic E-state index is 13.4. The molecule has 1 aliphatic rings. The van der Waals surface area contributed by atoms with Gasteiger partial charge in [0.1, 0.15) is 5.82 Å². The number of ether oxygens (including phenoxy) is 1. The predicted molar refractivity (Wildman–Crippen MR) is 132 cm³/mol. The summed E-state index contributed by atoms with van der Waals surface area (Å²) >= 11 is 0. The average Bonchev–Trinajstić information content (AvgIpc) is 2.79. The number of aliphatic imine (C=N–C) groups is 1. The third-order valence-electron chi connectivity index (χ3n) is 5.24. The number of hydrogen-bond donors (Lipinski definition) is 3. The number of morpholine rings is 1. The molecule has 3 N–H and O–H groups in total. The van der Waals surface area contributed by atoms with Crippen molar-refractivity contribution in [3.63, 3.8) is 0 Å². The molecular weight excluding hydrogens is 510 g/mol. The van der Waals surface area contributed by atoms with Crippen molar-refractivity contribution >= 4 is 29.9 Å². The van der Waals surface area contributed by atoms with E-state index < -0.39 is 0 Å². The van der Waals surface area contributed by atoms with Gasteiger partial charge in [0.05, 0.1) is 32.4 Å². The summed E-state index contributed by atoms with van der Waals surface area (Å²) in [5.74, 6) is 0.482. The molecule has 2 aromatic rings. The van der Waals surface area contributed by atoms with E-state index in [1.165, 1.54) is 12.1 Å². The minimum absolute atomic E-state index is 0. The normalized spacial score (nSPS) is 15.8. The fourth-order valence-corrected chi connectivity index (χ4v) is 3.60. The van der Waals surface area contributed by atoms with Crippen molar-refractivity contribution in [1.29, 1.82) is 0 Å². The predicted octanol–water partition coefficient (Wildman–Crippen LogP) is 3.06. The Morgan fingerprint density at radius 3 is 2.42 bits per heavy atom. The van der Waals surface area contributed by atoms with Crippen molar-refractivity contribution in [1.82, 2.24) is 15.5 Å². The van der Waals surface area contributed by atoms with E-state index in [1.807, 2.05) is 43.3 Å². The second-order valence-electron chi connectivity index (χ2n) is 7.22. The van der Waals surface area contributed by atoms with E-state index in [-0.39, 0.29) is 42.4 Å². The zero-order chi connectivity index (χ0) is 21.2. The quantitative estimate of drug-likeness (QED) is 0.272. The Bertz CT molecular complexity index is 813. The summed E-state index contributed by atoms with van der Waals surface area (Å²) in [5.41, 5.74) is 2.95. The van der Waals surface area contributed by atoms with Crippen molar-refractivity contribution in [2.45, 2.75) is 26.1 Å². The molecule has 6 nitrogen and oxygen atoms in total. The van der Waals surface area contributed by atoms with Crippen LogP contribution >= 0.6 is 24.0 Å². The monoisotopic (exact) mass is 542 g/mol. The fourth-order valence-electron chi connectivity index (χ4n) is 3.60. The molecule has 2 aromatic carbocycles. The molecule has 0 bridgehead atoms. The lowest BCUT2D eigenvalue weighted by Gasteiger charge is -2.35. The molecule has 1 unspecified atom stereocenters. The minimum Gasteiger partial charge on any atom is -0.392 e. The summed E-state index contributed by atoms with van der Waals surface area (Å²) in [6.45, 7) is 6.95. The largest absolute Gasteiger partial charge is 0.392 e. The number of nitrogens with one attached hydrogen (secondary N) is 2. The molecule has 0 amide bonds. The molecule has 0 saturated carbocycles. The fraction of sp³-hybridized carbons (Fsp3) is 0.435. The summed E-state index contributed by atoms with van der Waals surface area (Å²) in [4.78, 5) is 7.05. The van der Waals surface area contributed by atoms with Gasteiger partial charge in [-0.2, -0.15) is 0 Å². The number of nitrogens with zero attached hydrogens (tertiary/aromatic N) is 2. The smallest absolute Gasteiger partial charge is 0.191 e. The van der Waals surface area contributed by atoms with Crippen LogP contribution in [0.15, 0.2) is 53.5 Å². The molecule has 1 atom stereocenters. The van der Waals surface area contributed by atoms with E-state index >= 15 is 0 Å². The summed E-state index contributed by atoms with van der Waals surface area (Å²) in [5, 5.41) is 16.3. The Morgan fingerprint density at radius 2 is 1.77 bits per heavy atom. The number of benzene rings is 2. The first-order chi connectivity index (χ1) is 14.7. The van der Waals surface area contributed by atoms with Gasteiger partial charge in [0, 0.05) is 26.2 Å². The molecular formula is C23H32FIN4O2. The molecule has 31 heavy (non-hydrogen) atoms. The van der Waals surface area contributed by atoms with Gasteiger partial charge in [-0.3, -0.25) is 4.90 Å². The molecule has 8 heteroatoms. The first-order valence-electron chi connectivity index (χ1n) is 10.5. The van der Waals surface area contributed by atoms with Crippen molar-refractivity contribution in [2.24, 2.45) is 4.99 Å². The molecule has 0 aliphatic carbocycles. The Balaban J connectivity index is 0.00000341. The zero-order valence-corrected chi connectivity index (χ0v) is 20.2. The maximum Gasteiger partial charge on any atom is 0.191 e. The molecule has 1 fully saturated rings. The number of hydrogen-bond acceptors (Lipinski definition) is 4. The number of halogens is 2. The lowest BCUT2D eigenvalue weighted by molar-refractivity contribution is 0.0170. The number of rotatable bonds is 8. The van der Waals surface area contributed by atoms with E-state index in [1.54, 1.807) is 0 Å². The lowest BCUT2D eigenvalue weighted by atomic mass is 10.0. The van der Waals surface area contributed by atoms with Gasteiger partial charge in [0.25, 0.3) is 0 Å². The van der Waals surface area contributed by atoms with Crippen molar-refractivity contribution < 1.29 is 14.2 Å².